The van der Waals surface area contributed by atoms with Gasteiger partial charge in [0.15, 0.2) is 8.32 Å². The van der Waals surface area contributed by atoms with Gasteiger partial charge >= 0.3 is 7.41 Å². The van der Waals surface area contributed by atoms with Gasteiger partial charge in [-0.15, -0.1) is 0 Å². The van der Waals surface area contributed by atoms with Crippen LogP contribution in [0.5, 0.6) is 5.75 Å². The highest BCUT2D eigenvalue weighted by molar-refractivity contribution is 6.74. The van der Waals surface area contributed by atoms with Crippen molar-refractivity contribution >= 4 is 39.2 Å². The Hall–Kier alpha value is -3.72. The lowest BCUT2D eigenvalue weighted by molar-refractivity contribution is 0.219. The maximum atomic E-state index is 11.6. The Morgan fingerprint density at radius 3 is 2.63 bits per heavy atom. The van der Waals surface area contributed by atoms with Crippen LogP contribution in [0.25, 0.3) is 11.3 Å². The molecule has 2 aromatic carbocycles. The van der Waals surface area contributed by atoms with E-state index in [4.69, 9.17) is 14.1 Å². The third-order valence-electron chi connectivity index (χ3n) is 8.27. The van der Waals surface area contributed by atoms with Gasteiger partial charge in [0.1, 0.15) is 18.0 Å². The summed E-state index contributed by atoms with van der Waals surface area (Å²) >= 11 is 0. The van der Waals surface area contributed by atoms with Crippen molar-refractivity contribution in [2.24, 2.45) is 0 Å². The van der Waals surface area contributed by atoms with Crippen molar-refractivity contribution in [2.75, 3.05) is 23.3 Å². The molecule has 0 bridgehead atoms. The molecule has 11 heteroatoms. The second-order valence-electron chi connectivity index (χ2n) is 13.1. The Morgan fingerprint density at radius 2 is 2.00 bits per heavy atom. The van der Waals surface area contributed by atoms with Gasteiger partial charge in [0, 0.05) is 36.0 Å². The average Bonchev–Trinajstić information content (AvgIpc) is 3.23. The number of benzene rings is 2. The lowest BCUT2D eigenvalue weighted by Gasteiger charge is -2.39. The van der Waals surface area contributed by atoms with Crippen molar-refractivity contribution in [3.8, 4) is 23.1 Å². The number of nitriles is 1. The standard InChI is InChI=1S/C32H41BN5O4Si/c1-21(2)42-28-10-9-22(17-39)13-27(28)37-30-35-12-11-26(36-30)23-14-24(16-34)29-25(15-23)32(6,18-38(29)33-20-40)19-41-43(7,8)31(3,4)5/h9-15,20-21,39H,17-19H2,1-8H3,(H,35,36,37)/t32-/m1/s1. The largest absolute Gasteiger partial charge is 0.489 e. The van der Waals surface area contributed by atoms with Gasteiger partial charge in [-0.1, -0.05) is 33.8 Å². The molecule has 3 aromatic rings. The summed E-state index contributed by atoms with van der Waals surface area (Å²) in [5.74, 6) is 0.967. The third kappa shape index (κ3) is 6.93. The summed E-state index contributed by atoms with van der Waals surface area (Å²) in [5.41, 5.74) is 4.41. The number of anilines is 3. The smallest absolute Gasteiger partial charge is 0.329 e. The van der Waals surface area contributed by atoms with Crippen LogP contribution in [0, 0.1) is 11.3 Å². The predicted octanol–water partition coefficient (Wildman–Crippen LogP) is 5.95. The number of carbonyl (C=O) groups excluding carboxylic acids is 1. The minimum absolute atomic E-state index is 0.0419. The number of ether oxygens (including phenoxy) is 1. The summed E-state index contributed by atoms with van der Waals surface area (Å²) in [4.78, 5) is 22.6. The van der Waals surface area contributed by atoms with Crippen LogP contribution in [-0.2, 0) is 21.2 Å². The maximum absolute atomic E-state index is 11.6. The van der Waals surface area contributed by atoms with E-state index in [1.54, 1.807) is 18.3 Å². The number of nitrogens with zero attached hydrogens (tertiary/aromatic N) is 4. The number of fused-ring (bicyclic) bond motifs is 1. The molecule has 0 fully saturated rings. The van der Waals surface area contributed by atoms with E-state index in [2.05, 4.69) is 63.2 Å². The summed E-state index contributed by atoms with van der Waals surface area (Å²) in [6.07, 6.45) is 2.37. The van der Waals surface area contributed by atoms with Crippen LogP contribution in [0.3, 0.4) is 0 Å². The number of nitrogens with one attached hydrogen (secondary N) is 1. The van der Waals surface area contributed by atoms with Crippen molar-refractivity contribution in [2.45, 2.75) is 77.8 Å². The summed E-state index contributed by atoms with van der Waals surface area (Å²) in [6.45, 7) is 18.0. The fraction of sp³-hybridized carbons (Fsp3) is 0.438. The minimum Gasteiger partial charge on any atom is -0.489 e. The molecule has 225 valence electrons. The molecule has 0 amide bonds. The molecule has 1 radical (unpaired) electrons. The number of carbonyl (C=O) groups is 1. The van der Waals surface area contributed by atoms with Crippen LogP contribution in [0.15, 0.2) is 42.6 Å². The molecular formula is C32H41BN5O4Si. The molecule has 1 atom stereocenters. The Balaban J connectivity index is 1.75. The van der Waals surface area contributed by atoms with Crippen LogP contribution >= 0.6 is 0 Å². The van der Waals surface area contributed by atoms with Gasteiger partial charge < -0.3 is 29.2 Å². The number of aromatic nitrogens is 2. The number of aliphatic hydroxyl groups is 1. The van der Waals surface area contributed by atoms with E-state index in [0.29, 0.717) is 41.8 Å². The van der Waals surface area contributed by atoms with E-state index in [1.807, 2.05) is 36.9 Å². The molecule has 1 aromatic heterocycles. The van der Waals surface area contributed by atoms with Gasteiger partial charge in [-0.25, -0.2) is 9.97 Å². The first-order valence-electron chi connectivity index (χ1n) is 14.5. The molecule has 0 aliphatic carbocycles. The Kier molecular flexibility index (Phi) is 9.35. The van der Waals surface area contributed by atoms with E-state index in [9.17, 15) is 15.2 Å². The van der Waals surface area contributed by atoms with Crippen LogP contribution < -0.4 is 14.9 Å². The zero-order chi connectivity index (χ0) is 31.6. The molecule has 43 heavy (non-hydrogen) atoms. The average molecular weight is 599 g/mol. The molecule has 1 aliphatic rings. The highest BCUT2D eigenvalue weighted by Gasteiger charge is 2.44. The van der Waals surface area contributed by atoms with E-state index in [1.165, 1.54) is 7.41 Å². The first kappa shape index (κ1) is 32.2. The monoisotopic (exact) mass is 598 g/mol. The van der Waals surface area contributed by atoms with Gasteiger partial charge in [-0.05, 0) is 73.4 Å². The number of hydrogen-bond donors (Lipinski definition) is 2. The zero-order valence-electron chi connectivity index (χ0n) is 26.4. The second-order valence-corrected chi connectivity index (χ2v) is 17.9. The second kappa shape index (κ2) is 12.5. The van der Waals surface area contributed by atoms with E-state index < -0.39 is 13.7 Å². The van der Waals surface area contributed by atoms with Crippen molar-refractivity contribution in [1.29, 1.82) is 5.26 Å². The number of aliphatic hydroxyl groups excluding tert-OH is 1. The lowest BCUT2D eigenvalue weighted by atomic mass is 9.83. The molecule has 0 saturated heterocycles. The Bertz CT molecular complexity index is 1540. The fourth-order valence-electron chi connectivity index (χ4n) is 4.89. The van der Waals surface area contributed by atoms with Gasteiger partial charge in [0.2, 0.25) is 5.95 Å². The molecule has 0 unspecified atom stereocenters. The number of rotatable bonds is 11. The van der Waals surface area contributed by atoms with Crippen molar-refractivity contribution in [1.82, 2.24) is 9.97 Å². The predicted molar refractivity (Wildman–Crippen MR) is 174 cm³/mol. The van der Waals surface area contributed by atoms with E-state index >= 15 is 0 Å². The zero-order valence-corrected chi connectivity index (χ0v) is 27.4. The first-order valence-corrected chi connectivity index (χ1v) is 17.4. The Morgan fingerprint density at radius 1 is 1.26 bits per heavy atom. The topological polar surface area (TPSA) is 121 Å². The van der Waals surface area contributed by atoms with Gasteiger partial charge in [-0.2, -0.15) is 5.26 Å². The van der Waals surface area contributed by atoms with Crippen molar-refractivity contribution in [3.63, 3.8) is 0 Å². The first-order chi connectivity index (χ1) is 20.2. The number of hydrogen-bond acceptors (Lipinski definition) is 9. The molecule has 1 aliphatic heterocycles. The van der Waals surface area contributed by atoms with Crippen molar-refractivity contribution < 1.29 is 19.1 Å². The minimum atomic E-state index is -2.07. The summed E-state index contributed by atoms with van der Waals surface area (Å²) in [6, 6.07) is 13.4. The molecule has 2 heterocycles. The molecule has 0 spiro atoms. The SMILES string of the molecule is CC(C)Oc1ccc(CO)cc1Nc1nccc(-c2cc(C#N)c3c(c2)[C@@](C)(CO[Si](C)(C)C(C)(C)C)CN3[B]C=O)n1. The summed E-state index contributed by atoms with van der Waals surface area (Å²) in [7, 11) is -0.578. The van der Waals surface area contributed by atoms with Crippen LogP contribution in [0.1, 0.15) is 58.2 Å². The molecule has 2 N–H and O–H groups in total. The maximum Gasteiger partial charge on any atom is 0.329 e. The summed E-state index contributed by atoms with van der Waals surface area (Å²) < 4.78 is 12.6. The van der Waals surface area contributed by atoms with Crippen molar-refractivity contribution in [3.05, 3.63) is 59.3 Å². The molecule has 0 saturated carbocycles. The quantitative estimate of drug-likeness (QED) is 0.204. The van der Waals surface area contributed by atoms with Crippen LogP contribution in [0.4, 0.5) is 17.3 Å². The van der Waals surface area contributed by atoms with E-state index in [0.717, 1.165) is 28.6 Å². The Labute approximate surface area is 256 Å². The van der Waals surface area contributed by atoms with Gasteiger partial charge in [-0.3, -0.25) is 0 Å². The highest BCUT2D eigenvalue weighted by Crippen LogP contribution is 2.46. The van der Waals surface area contributed by atoms with Crippen LogP contribution in [0.2, 0.25) is 18.1 Å². The van der Waals surface area contributed by atoms with Gasteiger partial charge in [0.05, 0.1) is 29.7 Å². The van der Waals surface area contributed by atoms with Crippen LogP contribution in [-0.4, -0.2) is 56.2 Å². The molecule has 4 rings (SSSR count). The van der Waals surface area contributed by atoms with Gasteiger partial charge in [0.25, 0.3) is 0 Å². The van der Waals surface area contributed by atoms with E-state index in [-0.39, 0.29) is 17.7 Å². The summed E-state index contributed by atoms with van der Waals surface area (Å²) in [5, 5.41) is 23.2. The lowest BCUT2D eigenvalue weighted by Crippen LogP contribution is -2.46. The fourth-order valence-corrected chi connectivity index (χ4v) is 6.00. The third-order valence-corrected chi connectivity index (χ3v) is 12.8. The molecular weight excluding hydrogens is 557 g/mol. The normalized spacial score (nSPS) is 16.5. The molecule has 9 nitrogen and oxygen atoms in total. The highest BCUT2D eigenvalue weighted by atomic mass is 28.4.